The van der Waals surface area contributed by atoms with Gasteiger partial charge < -0.3 is 15.0 Å². The first kappa shape index (κ1) is 23.4. The Kier molecular flexibility index (Phi) is 6.28. The maximum Gasteiger partial charge on any atom is 0.416 e. The predicted molar refractivity (Wildman–Crippen MR) is 117 cm³/mol. The van der Waals surface area contributed by atoms with Gasteiger partial charge in [-0.05, 0) is 30.7 Å². The van der Waals surface area contributed by atoms with E-state index in [1.54, 1.807) is 0 Å². The Morgan fingerprint density at radius 3 is 2.37 bits per heavy atom. The predicted octanol–water partition coefficient (Wildman–Crippen LogP) is 3.61. The number of alkyl halides is 3. The third-order valence-electron chi connectivity index (χ3n) is 6.04. The Hall–Kier alpha value is -3.32. The van der Waals surface area contributed by atoms with Crippen LogP contribution in [0.3, 0.4) is 0 Å². The van der Waals surface area contributed by atoms with Gasteiger partial charge in [-0.15, -0.1) is 5.10 Å². The lowest BCUT2D eigenvalue weighted by molar-refractivity contribution is -0.137. The molecule has 8 nitrogen and oxygen atoms in total. The molecule has 1 atom stereocenters. The summed E-state index contributed by atoms with van der Waals surface area (Å²) >= 11 is 0. The summed E-state index contributed by atoms with van der Waals surface area (Å²) in [7, 11) is 0. The van der Waals surface area contributed by atoms with Gasteiger partial charge in [-0.1, -0.05) is 0 Å². The quantitative estimate of drug-likeness (QED) is 0.543. The topological polar surface area (TPSA) is 71.3 Å². The molecule has 1 aromatic carbocycles. The number of aromatic nitrogens is 4. The number of benzene rings is 1. The summed E-state index contributed by atoms with van der Waals surface area (Å²) in [5, 5.41) is 6.73. The van der Waals surface area contributed by atoms with Crippen LogP contribution in [0.15, 0.2) is 36.7 Å². The van der Waals surface area contributed by atoms with E-state index in [1.165, 1.54) is 6.33 Å². The molecule has 13 heteroatoms. The van der Waals surface area contributed by atoms with Gasteiger partial charge in [-0.25, -0.2) is 18.4 Å². The normalized spacial score (nSPS) is 19.3. The van der Waals surface area contributed by atoms with E-state index in [4.69, 9.17) is 4.74 Å². The van der Waals surface area contributed by atoms with Crippen molar-refractivity contribution in [2.45, 2.75) is 18.6 Å². The molecule has 3 aromatic rings. The molecule has 0 spiro atoms. The minimum absolute atomic E-state index is 0.0708. The van der Waals surface area contributed by atoms with Crippen LogP contribution in [0.2, 0.25) is 0 Å². The Morgan fingerprint density at radius 2 is 1.71 bits per heavy atom. The minimum Gasteiger partial charge on any atom is -0.380 e. The van der Waals surface area contributed by atoms with Crippen LogP contribution in [0, 0.1) is 11.6 Å². The van der Waals surface area contributed by atoms with Crippen molar-refractivity contribution in [3.05, 3.63) is 53.9 Å². The lowest BCUT2D eigenvalue weighted by atomic mass is 10.2. The molecule has 0 unspecified atom stereocenters. The maximum atomic E-state index is 13.6. The number of halogens is 5. The summed E-state index contributed by atoms with van der Waals surface area (Å²) in [5.74, 6) is -1.57. The highest BCUT2D eigenvalue weighted by atomic mass is 19.4. The number of piperazine rings is 1. The van der Waals surface area contributed by atoms with E-state index in [0.717, 1.165) is 48.0 Å². The molecule has 0 radical (unpaired) electrons. The second-order valence-corrected chi connectivity index (χ2v) is 8.40. The molecule has 186 valence electrons. The number of ether oxygens (including phenoxy) is 1. The molecular weight excluding hydrogens is 473 g/mol. The summed E-state index contributed by atoms with van der Waals surface area (Å²) in [6.45, 7) is 3.87. The van der Waals surface area contributed by atoms with Crippen LogP contribution in [0.1, 0.15) is 12.0 Å². The fraction of sp³-hybridized carbons (Fsp3) is 0.409. The Balaban J connectivity index is 1.36. The first-order valence-corrected chi connectivity index (χ1v) is 11.1. The van der Waals surface area contributed by atoms with Crippen molar-refractivity contribution in [2.24, 2.45) is 0 Å². The summed E-state index contributed by atoms with van der Waals surface area (Å²) < 4.78 is 74.4. The second kappa shape index (κ2) is 9.38. The molecule has 0 aliphatic carbocycles. The third-order valence-corrected chi connectivity index (χ3v) is 6.04. The molecule has 2 aromatic heterocycles. The summed E-state index contributed by atoms with van der Waals surface area (Å²) in [4.78, 5) is 12.4. The molecular formula is C22H22F5N7O. The smallest absolute Gasteiger partial charge is 0.380 e. The van der Waals surface area contributed by atoms with Crippen LogP contribution >= 0.6 is 0 Å². The zero-order valence-electron chi connectivity index (χ0n) is 18.5. The zero-order valence-corrected chi connectivity index (χ0v) is 18.5. The van der Waals surface area contributed by atoms with Gasteiger partial charge in [-0.2, -0.15) is 18.2 Å². The van der Waals surface area contributed by atoms with Crippen LogP contribution in [-0.2, 0) is 10.9 Å². The largest absolute Gasteiger partial charge is 0.416 e. The lowest BCUT2D eigenvalue weighted by Gasteiger charge is -2.38. The standard InChI is InChI=1S/C22H22F5N7O/c23-15-9-16(24)11-18(10-15)34-13-28-21(31-34)30-19-7-14(22(25,26)27)8-20(29-19)33-4-2-32(3-5-33)17-1-6-35-12-17/h7-11,13,17H,1-6,12H2,(H,29,30,31)/t17-/m1/s1. The van der Waals surface area contributed by atoms with Crippen LogP contribution in [0.4, 0.5) is 39.5 Å². The number of pyridine rings is 1. The van der Waals surface area contributed by atoms with E-state index < -0.39 is 23.4 Å². The average Bonchev–Trinajstić information content (AvgIpc) is 3.50. The Morgan fingerprint density at radius 1 is 0.971 bits per heavy atom. The monoisotopic (exact) mass is 495 g/mol. The van der Waals surface area contributed by atoms with Crippen LogP contribution in [0.5, 0.6) is 0 Å². The van der Waals surface area contributed by atoms with E-state index in [9.17, 15) is 22.0 Å². The molecule has 35 heavy (non-hydrogen) atoms. The fourth-order valence-electron chi connectivity index (χ4n) is 4.26. The van der Waals surface area contributed by atoms with Crippen molar-refractivity contribution in [1.29, 1.82) is 0 Å². The van der Waals surface area contributed by atoms with E-state index in [-0.39, 0.29) is 23.3 Å². The second-order valence-electron chi connectivity index (χ2n) is 8.40. The number of nitrogens with one attached hydrogen (secondary N) is 1. The number of hydrogen-bond donors (Lipinski definition) is 1. The van der Waals surface area contributed by atoms with Crippen molar-refractivity contribution < 1.29 is 26.7 Å². The lowest BCUT2D eigenvalue weighted by Crippen LogP contribution is -2.50. The van der Waals surface area contributed by atoms with Crippen LogP contribution in [0.25, 0.3) is 5.69 Å². The highest BCUT2D eigenvalue weighted by molar-refractivity contribution is 5.56. The Labute approximate surface area is 197 Å². The van der Waals surface area contributed by atoms with Gasteiger partial charge in [0.25, 0.3) is 0 Å². The van der Waals surface area contributed by atoms with E-state index >= 15 is 0 Å². The number of rotatable bonds is 5. The van der Waals surface area contributed by atoms with Crippen molar-refractivity contribution >= 4 is 17.6 Å². The summed E-state index contributed by atoms with van der Waals surface area (Å²) in [5.41, 5.74) is -0.783. The van der Waals surface area contributed by atoms with Gasteiger partial charge in [-0.3, -0.25) is 4.90 Å². The van der Waals surface area contributed by atoms with Gasteiger partial charge >= 0.3 is 6.18 Å². The molecule has 1 N–H and O–H groups in total. The maximum absolute atomic E-state index is 13.6. The molecule has 2 aliphatic heterocycles. The van der Waals surface area contributed by atoms with Crippen molar-refractivity contribution in [1.82, 2.24) is 24.6 Å². The molecule has 0 bridgehead atoms. The number of hydrogen-bond acceptors (Lipinski definition) is 7. The van der Waals surface area contributed by atoms with Crippen molar-refractivity contribution in [2.75, 3.05) is 49.6 Å². The van der Waals surface area contributed by atoms with Gasteiger partial charge in [0.05, 0.1) is 17.9 Å². The number of nitrogens with zero attached hydrogens (tertiary/aromatic N) is 6. The van der Waals surface area contributed by atoms with Crippen molar-refractivity contribution in [3.63, 3.8) is 0 Å². The highest BCUT2D eigenvalue weighted by Gasteiger charge is 2.33. The third kappa shape index (κ3) is 5.35. The molecule has 0 amide bonds. The van der Waals surface area contributed by atoms with E-state index in [2.05, 4.69) is 25.3 Å². The van der Waals surface area contributed by atoms with Crippen LogP contribution < -0.4 is 10.2 Å². The first-order chi connectivity index (χ1) is 16.7. The van der Waals surface area contributed by atoms with E-state index in [0.29, 0.717) is 38.8 Å². The first-order valence-electron chi connectivity index (χ1n) is 11.1. The molecule has 2 aliphatic rings. The van der Waals surface area contributed by atoms with Crippen molar-refractivity contribution in [3.8, 4) is 5.69 Å². The van der Waals surface area contributed by atoms with Gasteiger partial charge in [0.15, 0.2) is 0 Å². The molecule has 2 saturated heterocycles. The van der Waals surface area contributed by atoms with E-state index in [1.807, 2.05) is 4.90 Å². The Bertz CT molecular complexity index is 1170. The van der Waals surface area contributed by atoms with Gasteiger partial charge in [0, 0.05) is 44.9 Å². The summed E-state index contributed by atoms with van der Waals surface area (Å²) in [6.07, 6.45) is -2.43. The van der Waals surface area contributed by atoms with Crippen LogP contribution in [-0.4, -0.2) is 70.1 Å². The SMILES string of the molecule is Fc1cc(F)cc(-n2cnc(Nc3cc(C(F)(F)F)cc(N4CCN([C@@H]5CCOC5)CC4)n3)n2)c1. The minimum atomic E-state index is -4.58. The van der Waals surface area contributed by atoms with Gasteiger partial charge in [0.1, 0.15) is 29.6 Å². The highest BCUT2D eigenvalue weighted by Crippen LogP contribution is 2.34. The fourth-order valence-corrected chi connectivity index (χ4v) is 4.26. The molecule has 4 heterocycles. The average molecular weight is 495 g/mol. The molecule has 0 saturated carbocycles. The molecule has 2 fully saturated rings. The van der Waals surface area contributed by atoms with Gasteiger partial charge in [0.2, 0.25) is 5.95 Å². The molecule has 5 rings (SSSR count). The summed E-state index contributed by atoms with van der Waals surface area (Å²) in [6, 6.07) is 5.07. The zero-order chi connectivity index (χ0) is 24.6. The number of anilines is 3.